The number of anilines is 1. The summed E-state index contributed by atoms with van der Waals surface area (Å²) in [4.78, 5) is 16.7. The highest BCUT2D eigenvalue weighted by Crippen LogP contribution is 2.27. The van der Waals surface area contributed by atoms with Gasteiger partial charge in [0.2, 0.25) is 5.89 Å². The molecule has 0 atom stereocenters. The van der Waals surface area contributed by atoms with Gasteiger partial charge in [-0.05, 0) is 67.1 Å². The van der Waals surface area contributed by atoms with Crippen molar-refractivity contribution in [2.75, 3.05) is 19.0 Å². The lowest BCUT2D eigenvalue weighted by Crippen LogP contribution is -2.20. The zero-order valence-corrected chi connectivity index (χ0v) is 16.1. The number of aromatic nitrogens is 1. The molecule has 0 aliphatic rings. The van der Waals surface area contributed by atoms with Gasteiger partial charge in [0.05, 0.1) is 7.11 Å². The first-order chi connectivity index (χ1) is 14.1. The molecular formula is C23H20N2O4. The fourth-order valence-electron chi connectivity index (χ4n) is 2.91. The summed E-state index contributed by atoms with van der Waals surface area (Å²) in [5, 5.41) is 2.82. The summed E-state index contributed by atoms with van der Waals surface area (Å²) in [5.41, 5.74) is 3.86. The number of rotatable bonds is 6. The molecule has 1 amide bonds. The lowest BCUT2D eigenvalue weighted by Gasteiger charge is -2.08. The minimum Gasteiger partial charge on any atom is -0.497 e. The third-order valence-electron chi connectivity index (χ3n) is 4.37. The van der Waals surface area contributed by atoms with Gasteiger partial charge in [0.1, 0.15) is 17.0 Å². The SMILES string of the molecule is COc1ccc(-c2nc3cc(NC(=O)COc4cccc(C)c4)ccc3o2)cc1. The van der Waals surface area contributed by atoms with Crippen molar-refractivity contribution in [3.63, 3.8) is 0 Å². The lowest BCUT2D eigenvalue weighted by atomic mass is 10.2. The number of ether oxygens (including phenoxy) is 2. The third kappa shape index (κ3) is 4.38. The minimum absolute atomic E-state index is 0.0720. The molecule has 1 aromatic heterocycles. The number of hydrogen-bond donors (Lipinski definition) is 1. The summed E-state index contributed by atoms with van der Waals surface area (Å²) in [6, 6.07) is 20.4. The van der Waals surface area contributed by atoms with Crippen molar-refractivity contribution in [3.05, 3.63) is 72.3 Å². The fourth-order valence-corrected chi connectivity index (χ4v) is 2.91. The smallest absolute Gasteiger partial charge is 0.262 e. The van der Waals surface area contributed by atoms with Gasteiger partial charge in [-0.25, -0.2) is 4.98 Å². The maximum Gasteiger partial charge on any atom is 0.262 e. The first kappa shape index (κ1) is 18.6. The Morgan fingerprint density at radius 1 is 1.03 bits per heavy atom. The molecule has 4 rings (SSSR count). The number of oxazole rings is 1. The van der Waals surface area contributed by atoms with Crippen molar-refractivity contribution >= 4 is 22.7 Å². The topological polar surface area (TPSA) is 73.6 Å². The van der Waals surface area contributed by atoms with E-state index in [1.165, 1.54) is 0 Å². The van der Waals surface area contributed by atoms with Crippen LogP contribution in [0.5, 0.6) is 11.5 Å². The van der Waals surface area contributed by atoms with E-state index in [0.717, 1.165) is 16.9 Å². The van der Waals surface area contributed by atoms with Crippen LogP contribution in [0.15, 0.2) is 71.1 Å². The van der Waals surface area contributed by atoms with E-state index in [1.807, 2.05) is 55.5 Å². The van der Waals surface area contributed by atoms with E-state index >= 15 is 0 Å². The van der Waals surface area contributed by atoms with Crippen LogP contribution in [0, 0.1) is 6.92 Å². The van der Waals surface area contributed by atoms with Gasteiger partial charge >= 0.3 is 0 Å². The number of carbonyl (C=O) groups excluding carboxylic acids is 1. The number of aryl methyl sites for hydroxylation is 1. The Balaban J connectivity index is 1.44. The van der Waals surface area contributed by atoms with Gasteiger partial charge in [0, 0.05) is 11.3 Å². The van der Waals surface area contributed by atoms with E-state index in [1.54, 1.807) is 25.3 Å². The predicted molar refractivity (Wildman–Crippen MR) is 111 cm³/mol. The number of methoxy groups -OCH3 is 1. The van der Waals surface area contributed by atoms with Crippen LogP contribution in [0.4, 0.5) is 5.69 Å². The normalized spacial score (nSPS) is 10.7. The minimum atomic E-state index is -0.246. The molecule has 0 aliphatic heterocycles. The van der Waals surface area contributed by atoms with Crippen LogP contribution in [0.25, 0.3) is 22.6 Å². The summed E-state index contributed by atoms with van der Waals surface area (Å²) >= 11 is 0. The molecule has 1 heterocycles. The Bertz CT molecular complexity index is 1150. The van der Waals surface area contributed by atoms with Crippen LogP contribution in [-0.4, -0.2) is 24.6 Å². The van der Waals surface area contributed by atoms with Gasteiger partial charge in [0.15, 0.2) is 12.2 Å². The summed E-state index contributed by atoms with van der Waals surface area (Å²) < 4.78 is 16.5. The Morgan fingerprint density at radius 2 is 1.86 bits per heavy atom. The van der Waals surface area contributed by atoms with E-state index in [9.17, 15) is 4.79 Å². The van der Waals surface area contributed by atoms with E-state index in [-0.39, 0.29) is 12.5 Å². The fraction of sp³-hybridized carbons (Fsp3) is 0.130. The third-order valence-corrected chi connectivity index (χ3v) is 4.37. The summed E-state index contributed by atoms with van der Waals surface area (Å²) in [7, 11) is 1.62. The predicted octanol–water partition coefficient (Wildman–Crippen LogP) is 4.83. The van der Waals surface area contributed by atoms with Gasteiger partial charge in [-0.3, -0.25) is 4.79 Å². The molecule has 0 aliphatic carbocycles. The molecule has 0 spiro atoms. The number of benzene rings is 3. The summed E-state index contributed by atoms with van der Waals surface area (Å²) in [6.45, 7) is 1.90. The van der Waals surface area contributed by atoms with Crippen LogP contribution in [0.2, 0.25) is 0 Å². The van der Waals surface area contributed by atoms with Gasteiger partial charge in [0.25, 0.3) is 5.91 Å². The molecule has 6 heteroatoms. The number of amides is 1. The molecule has 0 saturated heterocycles. The zero-order chi connectivity index (χ0) is 20.2. The summed E-state index contributed by atoms with van der Waals surface area (Å²) in [6.07, 6.45) is 0. The molecule has 0 radical (unpaired) electrons. The van der Waals surface area contributed by atoms with Gasteiger partial charge in [-0.2, -0.15) is 0 Å². The highest BCUT2D eigenvalue weighted by Gasteiger charge is 2.11. The molecule has 0 bridgehead atoms. The second kappa shape index (κ2) is 8.06. The number of fused-ring (bicyclic) bond motifs is 1. The Hall–Kier alpha value is -3.80. The lowest BCUT2D eigenvalue weighted by molar-refractivity contribution is -0.118. The number of nitrogens with zero attached hydrogens (tertiary/aromatic N) is 1. The molecule has 3 aromatic carbocycles. The second-order valence-corrected chi connectivity index (χ2v) is 6.58. The number of nitrogens with one attached hydrogen (secondary N) is 1. The number of hydrogen-bond acceptors (Lipinski definition) is 5. The molecule has 29 heavy (non-hydrogen) atoms. The van der Waals surface area contributed by atoms with Crippen molar-refractivity contribution in [1.29, 1.82) is 0 Å². The Morgan fingerprint density at radius 3 is 2.62 bits per heavy atom. The highest BCUT2D eigenvalue weighted by atomic mass is 16.5. The van der Waals surface area contributed by atoms with E-state index in [4.69, 9.17) is 13.9 Å². The molecule has 146 valence electrons. The van der Waals surface area contributed by atoms with Crippen LogP contribution in [0.3, 0.4) is 0 Å². The number of carbonyl (C=O) groups is 1. The quantitative estimate of drug-likeness (QED) is 0.512. The monoisotopic (exact) mass is 388 g/mol. The molecular weight excluding hydrogens is 368 g/mol. The largest absolute Gasteiger partial charge is 0.497 e. The van der Waals surface area contributed by atoms with Gasteiger partial charge in [-0.1, -0.05) is 12.1 Å². The van der Waals surface area contributed by atoms with E-state index in [2.05, 4.69) is 10.3 Å². The first-order valence-corrected chi connectivity index (χ1v) is 9.15. The highest BCUT2D eigenvalue weighted by molar-refractivity contribution is 5.94. The van der Waals surface area contributed by atoms with Gasteiger partial charge in [-0.15, -0.1) is 0 Å². The second-order valence-electron chi connectivity index (χ2n) is 6.58. The Labute approximate surface area is 168 Å². The van der Waals surface area contributed by atoms with Crippen LogP contribution in [0.1, 0.15) is 5.56 Å². The van der Waals surface area contributed by atoms with Crippen LogP contribution >= 0.6 is 0 Å². The zero-order valence-electron chi connectivity index (χ0n) is 16.1. The average Bonchev–Trinajstić information content (AvgIpc) is 3.16. The molecule has 0 unspecified atom stereocenters. The standard InChI is InChI=1S/C23H20N2O4/c1-15-4-3-5-19(12-15)28-14-22(26)24-17-8-11-21-20(13-17)25-23(29-21)16-6-9-18(27-2)10-7-16/h3-13H,14H2,1-2H3,(H,24,26). The van der Waals surface area contributed by atoms with E-state index < -0.39 is 0 Å². The van der Waals surface area contributed by atoms with Crippen molar-refractivity contribution < 1.29 is 18.7 Å². The maximum atomic E-state index is 12.2. The maximum absolute atomic E-state index is 12.2. The molecule has 6 nitrogen and oxygen atoms in total. The molecule has 4 aromatic rings. The first-order valence-electron chi connectivity index (χ1n) is 9.15. The summed E-state index contributed by atoms with van der Waals surface area (Å²) in [5.74, 6) is 1.69. The van der Waals surface area contributed by atoms with Crippen molar-refractivity contribution in [1.82, 2.24) is 4.98 Å². The molecule has 0 saturated carbocycles. The molecule has 0 fully saturated rings. The van der Waals surface area contributed by atoms with Gasteiger partial charge < -0.3 is 19.2 Å². The van der Waals surface area contributed by atoms with Crippen molar-refractivity contribution in [3.8, 4) is 23.0 Å². The van der Waals surface area contributed by atoms with Crippen LogP contribution < -0.4 is 14.8 Å². The molecule has 1 N–H and O–H groups in total. The van der Waals surface area contributed by atoms with E-state index in [0.29, 0.717) is 28.4 Å². The van der Waals surface area contributed by atoms with Crippen molar-refractivity contribution in [2.45, 2.75) is 6.92 Å². The average molecular weight is 388 g/mol. The van der Waals surface area contributed by atoms with Crippen LogP contribution in [-0.2, 0) is 4.79 Å². The Kier molecular flexibility index (Phi) is 5.16. The van der Waals surface area contributed by atoms with Crippen molar-refractivity contribution in [2.24, 2.45) is 0 Å².